The van der Waals surface area contributed by atoms with E-state index in [2.05, 4.69) is 11.8 Å². The van der Waals surface area contributed by atoms with Crippen molar-refractivity contribution in [1.82, 2.24) is 9.55 Å². The predicted octanol–water partition coefficient (Wildman–Crippen LogP) is 3.80. The number of nitrogens with zero attached hydrogens (tertiary/aromatic N) is 2. The molecule has 5 heteroatoms. The van der Waals surface area contributed by atoms with Crippen molar-refractivity contribution in [3.63, 3.8) is 0 Å². The fourth-order valence-electron chi connectivity index (χ4n) is 3.41. The van der Waals surface area contributed by atoms with Crippen molar-refractivity contribution in [3.8, 4) is 11.8 Å². The van der Waals surface area contributed by atoms with Crippen LogP contribution in [0.15, 0.2) is 59.1 Å². The third-order valence-corrected chi connectivity index (χ3v) is 4.82. The van der Waals surface area contributed by atoms with Gasteiger partial charge in [0, 0.05) is 24.1 Å². The van der Waals surface area contributed by atoms with Crippen molar-refractivity contribution in [2.24, 2.45) is 0 Å². The summed E-state index contributed by atoms with van der Waals surface area (Å²) < 4.78 is 20.2. The van der Waals surface area contributed by atoms with Crippen LogP contribution in [-0.2, 0) is 17.7 Å². The maximum atomic E-state index is 13.3. The van der Waals surface area contributed by atoms with Crippen LogP contribution in [0.1, 0.15) is 29.8 Å². The van der Waals surface area contributed by atoms with Crippen molar-refractivity contribution >= 4 is 10.9 Å². The number of rotatable bonds is 1. The van der Waals surface area contributed by atoms with Crippen molar-refractivity contribution in [2.45, 2.75) is 25.8 Å². The van der Waals surface area contributed by atoms with Gasteiger partial charge in [-0.05, 0) is 54.8 Å². The van der Waals surface area contributed by atoms with Crippen LogP contribution in [0.25, 0.3) is 10.9 Å². The highest BCUT2D eigenvalue weighted by Crippen LogP contribution is 2.19. The summed E-state index contributed by atoms with van der Waals surface area (Å²) in [5.41, 5.74) is 3.14. The topological polar surface area (TPSA) is 44.1 Å². The van der Waals surface area contributed by atoms with Crippen LogP contribution in [0.4, 0.5) is 4.39 Å². The molecule has 4 rings (SSSR count). The molecular formula is C23H19FN2O2. The van der Waals surface area contributed by atoms with Crippen LogP contribution < -0.4 is 5.56 Å². The molecule has 0 fully saturated rings. The largest absolute Gasteiger partial charge is 0.504 e. The first-order valence-electron chi connectivity index (χ1n) is 9.16. The van der Waals surface area contributed by atoms with E-state index in [-0.39, 0.29) is 11.4 Å². The summed E-state index contributed by atoms with van der Waals surface area (Å²) >= 11 is 0. The van der Waals surface area contributed by atoms with Gasteiger partial charge in [-0.25, -0.2) is 9.37 Å². The van der Waals surface area contributed by atoms with Gasteiger partial charge < -0.3 is 4.74 Å². The minimum Gasteiger partial charge on any atom is -0.504 e. The number of ether oxygens (including phenoxy) is 1. The van der Waals surface area contributed by atoms with Gasteiger partial charge in [0.1, 0.15) is 11.6 Å². The van der Waals surface area contributed by atoms with E-state index in [1.54, 1.807) is 42.2 Å². The SMILES string of the molecule is CO/C=C1/CCc2nc3cc(C#Cc4cccc(F)c4)ccc3c(=O)n2CC1. The number of hydrogen-bond acceptors (Lipinski definition) is 3. The second-order valence-electron chi connectivity index (χ2n) is 6.74. The number of halogens is 1. The van der Waals surface area contributed by atoms with Gasteiger partial charge in [-0.2, -0.15) is 0 Å². The standard InChI is InChI=1S/C23H19FN2O2/c1-28-15-18-8-10-22-25-21-14-17(6-5-16-3-2-4-19(24)13-16)7-9-20(21)23(27)26(22)12-11-18/h2-4,7,9,13-15H,8,10-12H2,1H3/b18-15-. The van der Waals surface area contributed by atoms with E-state index in [1.807, 2.05) is 6.07 Å². The van der Waals surface area contributed by atoms with Gasteiger partial charge in [0.15, 0.2) is 0 Å². The molecule has 1 aromatic heterocycles. The van der Waals surface area contributed by atoms with Crippen LogP contribution in [0.5, 0.6) is 0 Å². The van der Waals surface area contributed by atoms with Gasteiger partial charge in [0.2, 0.25) is 0 Å². The molecule has 0 N–H and O–H groups in total. The Hall–Kier alpha value is -3.39. The number of fused-ring (bicyclic) bond motifs is 2. The molecule has 3 aromatic rings. The Morgan fingerprint density at radius 2 is 1.93 bits per heavy atom. The molecule has 0 spiro atoms. The Bertz CT molecular complexity index is 1200. The highest BCUT2D eigenvalue weighted by Gasteiger charge is 2.16. The number of aromatic nitrogens is 2. The molecule has 0 aliphatic carbocycles. The zero-order valence-electron chi connectivity index (χ0n) is 15.5. The number of allylic oxidation sites excluding steroid dienone is 1. The molecule has 0 atom stereocenters. The van der Waals surface area contributed by atoms with Crippen molar-refractivity contribution in [1.29, 1.82) is 0 Å². The number of hydrogen-bond donors (Lipinski definition) is 0. The zero-order chi connectivity index (χ0) is 19.5. The van der Waals surface area contributed by atoms with Crippen LogP contribution in [0.3, 0.4) is 0 Å². The summed E-state index contributed by atoms with van der Waals surface area (Å²) in [6.07, 6.45) is 4.06. The van der Waals surface area contributed by atoms with E-state index in [9.17, 15) is 9.18 Å². The Morgan fingerprint density at radius 3 is 2.71 bits per heavy atom. The molecule has 28 heavy (non-hydrogen) atoms. The van der Waals surface area contributed by atoms with E-state index >= 15 is 0 Å². The molecule has 1 aliphatic heterocycles. The number of benzene rings is 2. The third kappa shape index (κ3) is 3.67. The van der Waals surface area contributed by atoms with Gasteiger partial charge in [-0.3, -0.25) is 9.36 Å². The average molecular weight is 374 g/mol. The van der Waals surface area contributed by atoms with Crippen LogP contribution >= 0.6 is 0 Å². The summed E-state index contributed by atoms with van der Waals surface area (Å²) in [6.45, 7) is 0.605. The summed E-state index contributed by atoms with van der Waals surface area (Å²) in [5.74, 6) is 6.44. The second kappa shape index (κ2) is 7.69. The molecule has 2 aromatic carbocycles. The fourth-order valence-corrected chi connectivity index (χ4v) is 3.41. The second-order valence-corrected chi connectivity index (χ2v) is 6.74. The van der Waals surface area contributed by atoms with Gasteiger partial charge in [0.25, 0.3) is 5.56 Å². The lowest BCUT2D eigenvalue weighted by Crippen LogP contribution is -2.24. The maximum absolute atomic E-state index is 13.3. The number of aryl methyl sites for hydroxylation is 1. The van der Waals surface area contributed by atoms with Gasteiger partial charge >= 0.3 is 0 Å². The molecule has 4 nitrogen and oxygen atoms in total. The first-order valence-corrected chi connectivity index (χ1v) is 9.16. The smallest absolute Gasteiger partial charge is 0.261 e. The molecule has 0 saturated carbocycles. The molecule has 1 aliphatic rings. The normalized spacial score (nSPS) is 14.9. The minimum atomic E-state index is -0.315. The fraction of sp³-hybridized carbons (Fsp3) is 0.217. The zero-order valence-corrected chi connectivity index (χ0v) is 15.5. The average Bonchev–Trinajstić information content (AvgIpc) is 2.89. The summed E-state index contributed by atoms with van der Waals surface area (Å²) in [6, 6.07) is 11.6. The monoisotopic (exact) mass is 374 g/mol. The Morgan fingerprint density at radius 1 is 1.11 bits per heavy atom. The van der Waals surface area contributed by atoms with Crippen LogP contribution in [0.2, 0.25) is 0 Å². The molecule has 2 heterocycles. The Kier molecular flexibility index (Phi) is 4.94. The molecule has 0 bridgehead atoms. The minimum absolute atomic E-state index is 0.0247. The molecule has 140 valence electrons. The number of methoxy groups -OCH3 is 1. The van der Waals surface area contributed by atoms with Gasteiger partial charge in [-0.1, -0.05) is 17.9 Å². The summed E-state index contributed by atoms with van der Waals surface area (Å²) in [4.78, 5) is 17.6. The predicted molar refractivity (Wildman–Crippen MR) is 106 cm³/mol. The maximum Gasteiger partial charge on any atom is 0.261 e. The highest BCUT2D eigenvalue weighted by atomic mass is 19.1. The summed E-state index contributed by atoms with van der Waals surface area (Å²) in [7, 11) is 1.64. The lowest BCUT2D eigenvalue weighted by Gasteiger charge is -2.09. The van der Waals surface area contributed by atoms with E-state index in [1.165, 1.54) is 17.7 Å². The van der Waals surface area contributed by atoms with Crippen molar-refractivity contribution in [2.75, 3.05) is 7.11 Å². The highest BCUT2D eigenvalue weighted by molar-refractivity contribution is 5.79. The first kappa shape index (κ1) is 18.0. The van der Waals surface area contributed by atoms with E-state index < -0.39 is 0 Å². The quantitative estimate of drug-likeness (QED) is 0.481. The molecular weight excluding hydrogens is 355 g/mol. The molecule has 0 unspecified atom stereocenters. The Labute approximate surface area is 162 Å². The van der Waals surface area contributed by atoms with Crippen molar-refractivity contribution in [3.05, 3.63) is 87.4 Å². The van der Waals surface area contributed by atoms with E-state index in [0.717, 1.165) is 24.2 Å². The van der Waals surface area contributed by atoms with Crippen molar-refractivity contribution < 1.29 is 9.13 Å². The first-order chi connectivity index (χ1) is 13.6. The summed E-state index contributed by atoms with van der Waals surface area (Å²) in [5, 5.41) is 0.583. The lowest BCUT2D eigenvalue weighted by atomic mass is 10.1. The molecule has 0 amide bonds. The molecule has 0 saturated heterocycles. The van der Waals surface area contributed by atoms with Gasteiger partial charge in [-0.15, -0.1) is 0 Å². The van der Waals surface area contributed by atoms with E-state index in [4.69, 9.17) is 9.72 Å². The van der Waals surface area contributed by atoms with E-state index in [0.29, 0.717) is 29.4 Å². The van der Waals surface area contributed by atoms with Crippen LogP contribution in [-0.4, -0.2) is 16.7 Å². The van der Waals surface area contributed by atoms with Gasteiger partial charge in [0.05, 0.1) is 24.3 Å². The lowest BCUT2D eigenvalue weighted by molar-refractivity contribution is 0.331. The van der Waals surface area contributed by atoms with Crippen LogP contribution in [0, 0.1) is 17.7 Å². The molecule has 0 radical (unpaired) electrons. The Balaban J connectivity index is 1.72. The third-order valence-electron chi connectivity index (χ3n) is 4.82.